The van der Waals surface area contributed by atoms with Crippen LogP contribution in [0.4, 0.5) is 30.5 Å². The molecule has 1 aromatic heterocycles. The summed E-state index contributed by atoms with van der Waals surface area (Å²) in [5, 5.41) is 8.41. The molecule has 0 atom stereocenters. The maximum Gasteiger partial charge on any atom is 0.418 e. The second kappa shape index (κ2) is 9.16. The van der Waals surface area contributed by atoms with Crippen LogP contribution in [0.5, 0.6) is 0 Å². The van der Waals surface area contributed by atoms with Crippen molar-refractivity contribution in [2.75, 3.05) is 50.0 Å². The van der Waals surface area contributed by atoms with E-state index in [1.165, 1.54) is 12.1 Å². The molecule has 0 radical (unpaired) electrons. The molecule has 2 aromatic rings. The Bertz CT molecular complexity index is 947. The monoisotopic (exact) mass is 436 g/mol. The van der Waals surface area contributed by atoms with Crippen molar-refractivity contribution in [2.24, 2.45) is 0 Å². The van der Waals surface area contributed by atoms with E-state index in [-0.39, 0.29) is 23.9 Å². The van der Waals surface area contributed by atoms with E-state index in [1.54, 1.807) is 6.20 Å². The molecule has 1 fully saturated rings. The zero-order chi connectivity index (χ0) is 21.8. The summed E-state index contributed by atoms with van der Waals surface area (Å²) in [6, 6.07) is 3.65. The Kier molecular flexibility index (Phi) is 6.35. The van der Waals surface area contributed by atoms with Gasteiger partial charge in [0.15, 0.2) is 0 Å². The van der Waals surface area contributed by atoms with Crippen LogP contribution in [-0.4, -0.2) is 60.2 Å². The summed E-state index contributed by atoms with van der Waals surface area (Å²) in [6.45, 7) is 3.59. The van der Waals surface area contributed by atoms with Crippen molar-refractivity contribution < 1.29 is 22.7 Å². The highest BCUT2D eigenvalue weighted by Crippen LogP contribution is 2.37. The number of benzene rings is 1. The summed E-state index contributed by atoms with van der Waals surface area (Å²) in [4.78, 5) is 22.7. The van der Waals surface area contributed by atoms with Crippen molar-refractivity contribution >= 4 is 23.2 Å². The molecule has 0 unspecified atom stereocenters. The number of nitrogens with zero attached hydrogens (tertiary/aromatic N) is 3. The van der Waals surface area contributed by atoms with Gasteiger partial charge in [-0.25, -0.2) is 9.97 Å². The van der Waals surface area contributed by atoms with Crippen molar-refractivity contribution in [3.63, 3.8) is 0 Å². The molecule has 3 heterocycles. The highest BCUT2D eigenvalue weighted by atomic mass is 19.4. The minimum absolute atomic E-state index is 0.0116. The van der Waals surface area contributed by atoms with Gasteiger partial charge in [-0.3, -0.25) is 9.69 Å². The molecule has 0 spiro atoms. The summed E-state index contributed by atoms with van der Waals surface area (Å²) in [5.74, 6) is -0.279. The number of aromatic nitrogens is 2. The summed E-state index contributed by atoms with van der Waals surface area (Å²) in [5.41, 5.74) is 0.812. The molecule has 3 N–H and O–H groups in total. The third-order valence-electron chi connectivity index (χ3n) is 5.14. The predicted molar refractivity (Wildman–Crippen MR) is 108 cm³/mol. The van der Waals surface area contributed by atoms with E-state index in [0.29, 0.717) is 32.8 Å². The van der Waals surface area contributed by atoms with Crippen molar-refractivity contribution in [3.8, 4) is 0 Å². The number of carbonyl (C=O) groups excluding carboxylic acids is 1. The van der Waals surface area contributed by atoms with Gasteiger partial charge in [0.1, 0.15) is 0 Å². The zero-order valence-electron chi connectivity index (χ0n) is 16.8. The molecule has 1 saturated heterocycles. The van der Waals surface area contributed by atoms with E-state index in [0.717, 1.165) is 30.3 Å². The molecule has 8 nitrogen and oxygen atoms in total. The average Bonchev–Trinajstić information content (AvgIpc) is 2.74. The SMILES string of the molecule is O=C(CN1CCOCC1)Nc1ccc(Nc2ncc3c(n2)CNCC3)cc1C(F)(F)F. The van der Waals surface area contributed by atoms with Gasteiger partial charge in [-0.2, -0.15) is 13.2 Å². The van der Waals surface area contributed by atoms with Gasteiger partial charge in [0, 0.05) is 31.5 Å². The number of rotatable bonds is 5. The fourth-order valence-corrected chi connectivity index (χ4v) is 3.54. The van der Waals surface area contributed by atoms with Gasteiger partial charge in [0.2, 0.25) is 11.9 Å². The summed E-state index contributed by atoms with van der Waals surface area (Å²) in [6.07, 6.45) is -2.14. The minimum atomic E-state index is -4.64. The average molecular weight is 436 g/mol. The van der Waals surface area contributed by atoms with Crippen LogP contribution < -0.4 is 16.0 Å². The van der Waals surface area contributed by atoms with Gasteiger partial charge < -0.3 is 20.7 Å². The van der Waals surface area contributed by atoms with Crippen molar-refractivity contribution in [2.45, 2.75) is 19.1 Å². The van der Waals surface area contributed by atoms with Gasteiger partial charge >= 0.3 is 6.18 Å². The maximum absolute atomic E-state index is 13.7. The van der Waals surface area contributed by atoms with Crippen LogP contribution in [0.2, 0.25) is 0 Å². The lowest BCUT2D eigenvalue weighted by atomic mass is 10.1. The van der Waals surface area contributed by atoms with Gasteiger partial charge in [-0.15, -0.1) is 0 Å². The first-order chi connectivity index (χ1) is 14.9. The smallest absolute Gasteiger partial charge is 0.379 e. The molecule has 11 heteroatoms. The predicted octanol–water partition coefficient (Wildman–Crippen LogP) is 2.16. The number of halogens is 3. The van der Waals surface area contributed by atoms with Gasteiger partial charge in [0.05, 0.1) is 36.7 Å². The molecular weight excluding hydrogens is 413 g/mol. The largest absolute Gasteiger partial charge is 0.418 e. The number of nitrogens with one attached hydrogen (secondary N) is 3. The lowest BCUT2D eigenvalue weighted by Crippen LogP contribution is -2.41. The maximum atomic E-state index is 13.7. The van der Waals surface area contributed by atoms with E-state index >= 15 is 0 Å². The highest BCUT2D eigenvalue weighted by molar-refractivity contribution is 5.93. The zero-order valence-corrected chi connectivity index (χ0v) is 16.8. The second-order valence-corrected chi connectivity index (χ2v) is 7.41. The van der Waals surface area contributed by atoms with Gasteiger partial charge in [0.25, 0.3) is 0 Å². The quantitative estimate of drug-likeness (QED) is 0.662. The molecule has 2 aliphatic rings. The molecule has 2 aliphatic heterocycles. The number of carbonyl (C=O) groups is 1. The molecule has 31 heavy (non-hydrogen) atoms. The number of amides is 1. The Morgan fingerprint density at radius 3 is 2.84 bits per heavy atom. The topological polar surface area (TPSA) is 91.4 Å². The fourth-order valence-electron chi connectivity index (χ4n) is 3.54. The van der Waals surface area contributed by atoms with Crippen molar-refractivity contribution in [1.82, 2.24) is 20.2 Å². The molecule has 0 saturated carbocycles. The third-order valence-corrected chi connectivity index (χ3v) is 5.14. The molecule has 1 aromatic carbocycles. The number of hydrogen-bond donors (Lipinski definition) is 3. The van der Waals surface area contributed by atoms with Gasteiger partial charge in [-0.1, -0.05) is 0 Å². The Labute approximate surface area is 177 Å². The number of fused-ring (bicyclic) bond motifs is 1. The normalized spacial score (nSPS) is 17.1. The highest BCUT2D eigenvalue weighted by Gasteiger charge is 2.34. The number of alkyl halides is 3. The first kappa shape index (κ1) is 21.5. The first-order valence-electron chi connectivity index (χ1n) is 10.0. The Morgan fingerprint density at radius 2 is 2.06 bits per heavy atom. The van der Waals surface area contributed by atoms with Crippen LogP contribution in [0, 0.1) is 0 Å². The second-order valence-electron chi connectivity index (χ2n) is 7.41. The Balaban J connectivity index is 1.49. The van der Waals surface area contributed by atoms with Crippen LogP contribution in [0.25, 0.3) is 0 Å². The molecule has 0 bridgehead atoms. The summed E-state index contributed by atoms with van der Waals surface area (Å²) >= 11 is 0. The first-order valence-corrected chi connectivity index (χ1v) is 10.0. The summed E-state index contributed by atoms with van der Waals surface area (Å²) in [7, 11) is 0. The van der Waals surface area contributed by atoms with Crippen LogP contribution in [-0.2, 0) is 28.7 Å². The van der Waals surface area contributed by atoms with E-state index in [1.807, 2.05) is 4.90 Å². The third kappa shape index (κ3) is 5.49. The lowest BCUT2D eigenvalue weighted by Gasteiger charge is -2.26. The van der Waals surface area contributed by atoms with Crippen LogP contribution in [0.1, 0.15) is 16.8 Å². The standard InChI is InChI=1S/C20H23F3N6O2/c21-20(22,23)15-9-14(26-19-25-10-13-3-4-24-11-17(13)28-19)1-2-16(15)27-18(30)12-29-5-7-31-8-6-29/h1-2,9-10,24H,3-8,11-12H2,(H,27,30)(H,25,26,28). The number of morpholine rings is 1. The van der Waals surface area contributed by atoms with Crippen molar-refractivity contribution in [3.05, 3.63) is 41.2 Å². The van der Waals surface area contributed by atoms with Crippen LogP contribution >= 0.6 is 0 Å². The number of anilines is 3. The molecular formula is C20H23F3N6O2. The lowest BCUT2D eigenvalue weighted by molar-refractivity contribution is -0.136. The van der Waals surface area contributed by atoms with E-state index in [4.69, 9.17) is 4.74 Å². The van der Waals surface area contributed by atoms with E-state index < -0.39 is 17.6 Å². The Morgan fingerprint density at radius 1 is 1.26 bits per heavy atom. The molecule has 0 aliphatic carbocycles. The summed E-state index contributed by atoms with van der Waals surface area (Å²) < 4.78 is 46.2. The van der Waals surface area contributed by atoms with Crippen LogP contribution in [0.3, 0.4) is 0 Å². The minimum Gasteiger partial charge on any atom is -0.379 e. The molecule has 166 valence electrons. The fraction of sp³-hybridized carbons (Fsp3) is 0.450. The molecule has 4 rings (SSSR count). The van der Waals surface area contributed by atoms with Crippen molar-refractivity contribution in [1.29, 1.82) is 0 Å². The molecule has 1 amide bonds. The van der Waals surface area contributed by atoms with E-state index in [9.17, 15) is 18.0 Å². The number of ether oxygens (including phenoxy) is 1. The number of hydrogen-bond acceptors (Lipinski definition) is 7. The van der Waals surface area contributed by atoms with Crippen LogP contribution in [0.15, 0.2) is 24.4 Å². The Hall–Kier alpha value is -2.76. The van der Waals surface area contributed by atoms with E-state index in [2.05, 4.69) is 25.9 Å². The van der Waals surface area contributed by atoms with Gasteiger partial charge in [-0.05, 0) is 36.7 Å².